The Kier molecular flexibility index (Phi) is 8.32. The quantitative estimate of drug-likeness (QED) is 0.718. The SMILES string of the molecule is CN(C)c1ccc(CN(CCCN2CCOCC2)C(=S)NC(C)(C)C)cc1. The minimum absolute atomic E-state index is 0.0334. The van der Waals surface area contributed by atoms with E-state index < -0.39 is 0 Å². The number of ether oxygens (including phenoxy) is 1. The number of anilines is 1. The lowest BCUT2D eigenvalue weighted by Crippen LogP contribution is -2.48. The first-order chi connectivity index (χ1) is 12.7. The van der Waals surface area contributed by atoms with Gasteiger partial charge in [-0.3, -0.25) is 4.90 Å². The third kappa shape index (κ3) is 8.03. The molecule has 0 saturated carbocycles. The summed E-state index contributed by atoms with van der Waals surface area (Å²) in [7, 11) is 4.13. The highest BCUT2D eigenvalue weighted by atomic mass is 32.1. The Bertz CT molecular complexity index is 577. The van der Waals surface area contributed by atoms with Gasteiger partial charge in [-0.1, -0.05) is 12.1 Å². The molecule has 0 amide bonds. The molecule has 1 heterocycles. The average Bonchev–Trinajstić information content (AvgIpc) is 2.60. The zero-order chi connectivity index (χ0) is 19.9. The van der Waals surface area contributed by atoms with Crippen molar-refractivity contribution in [1.29, 1.82) is 0 Å². The van der Waals surface area contributed by atoms with Gasteiger partial charge in [0.1, 0.15) is 0 Å². The Labute approximate surface area is 170 Å². The van der Waals surface area contributed by atoms with Gasteiger partial charge in [0, 0.05) is 58.0 Å². The molecule has 1 fully saturated rings. The molecule has 0 radical (unpaired) electrons. The van der Waals surface area contributed by atoms with Gasteiger partial charge in [0.2, 0.25) is 0 Å². The molecule has 6 heteroatoms. The van der Waals surface area contributed by atoms with Crippen LogP contribution in [0.4, 0.5) is 5.69 Å². The van der Waals surface area contributed by atoms with Gasteiger partial charge in [-0.25, -0.2) is 0 Å². The molecule has 27 heavy (non-hydrogen) atoms. The van der Waals surface area contributed by atoms with Crippen LogP contribution in [0.25, 0.3) is 0 Å². The Balaban J connectivity index is 1.96. The molecule has 0 spiro atoms. The van der Waals surface area contributed by atoms with Gasteiger partial charge in [-0.05, 0) is 57.1 Å². The van der Waals surface area contributed by atoms with E-state index in [0.717, 1.165) is 57.5 Å². The zero-order valence-electron chi connectivity index (χ0n) is 17.6. The van der Waals surface area contributed by atoms with E-state index in [1.165, 1.54) is 11.3 Å². The third-order valence-electron chi connectivity index (χ3n) is 4.60. The molecule has 0 atom stereocenters. The fourth-order valence-corrected chi connectivity index (χ4v) is 3.54. The fourth-order valence-electron chi connectivity index (χ4n) is 3.08. The van der Waals surface area contributed by atoms with Crippen LogP contribution in [0.1, 0.15) is 32.8 Å². The molecular formula is C21H36N4OS. The number of hydrogen-bond acceptors (Lipinski definition) is 4. The average molecular weight is 393 g/mol. The van der Waals surface area contributed by atoms with Crippen molar-refractivity contribution in [3.05, 3.63) is 29.8 Å². The van der Waals surface area contributed by atoms with E-state index in [-0.39, 0.29) is 5.54 Å². The van der Waals surface area contributed by atoms with E-state index in [2.05, 4.69) is 79.1 Å². The van der Waals surface area contributed by atoms with Crippen molar-refractivity contribution in [3.8, 4) is 0 Å². The molecule has 0 aromatic heterocycles. The highest BCUT2D eigenvalue weighted by Gasteiger charge is 2.17. The molecule has 1 aromatic carbocycles. The lowest BCUT2D eigenvalue weighted by atomic mass is 10.1. The van der Waals surface area contributed by atoms with Crippen molar-refractivity contribution >= 4 is 23.0 Å². The predicted molar refractivity (Wildman–Crippen MR) is 119 cm³/mol. The second-order valence-corrected chi connectivity index (χ2v) is 8.86. The van der Waals surface area contributed by atoms with Crippen LogP contribution >= 0.6 is 12.2 Å². The van der Waals surface area contributed by atoms with Gasteiger partial charge >= 0.3 is 0 Å². The number of nitrogens with one attached hydrogen (secondary N) is 1. The molecule has 0 bridgehead atoms. The number of benzene rings is 1. The summed E-state index contributed by atoms with van der Waals surface area (Å²) in [4.78, 5) is 6.90. The van der Waals surface area contributed by atoms with Crippen LogP contribution in [0.15, 0.2) is 24.3 Å². The molecule has 1 aliphatic heterocycles. The predicted octanol–water partition coefficient (Wildman–Crippen LogP) is 2.95. The summed E-state index contributed by atoms with van der Waals surface area (Å²) < 4.78 is 5.44. The highest BCUT2D eigenvalue weighted by Crippen LogP contribution is 2.15. The first-order valence-electron chi connectivity index (χ1n) is 9.88. The topological polar surface area (TPSA) is 31.0 Å². The van der Waals surface area contributed by atoms with Gasteiger partial charge in [0.15, 0.2) is 5.11 Å². The molecule has 1 saturated heterocycles. The van der Waals surface area contributed by atoms with E-state index in [9.17, 15) is 0 Å². The maximum absolute atomic E-state index is 5.73. The van der Waals surface area contributed by atoms with E-state index in [4.69, 9.17) is 17.0 Å². The summed E-state index contributed by atoms with van der Waals surface area (Å²) >= 11 is 5.73. The van der Waals surface area contributed by atoms with Crippen molar-refractivity contribution in [3.63, 3.8) is 0 Å². The van der Waals surface area contributed by atoms with Crippen molar-refractivity contribution in [2.45, 2.75) is 39.3 Å². The summed E-state index contributed by atoms with van der Waals surface area (Å²) in [5.74, 6) is 0. The largest absolute Gasteiger partial charge is 0.379 e. The standard InChI is InChI=1S/C21H36N4OS/c1-21(2,3)22-20(27)25(12-6-11-24-13-15-26-16-14-24)17-18-7-9-19(10-8-18)23(4)5/h7-10H,6,11-17H2,1-5H3,(H,22,27). The molecule has 1 aromatic rings. The lowest BCUT2D eigenvalue weighted by Gasteiger charge is -2.32. The molecule has 0 aliphatic carbocycles. The van der Waals surface area contributed by atoms with Gasteiger partial charge < -0.3 is 19.9 Å². The van der Waals surface area contributed by atoms with Crippen molar-refractivity contribution in [2.75, 3.05) is 58.4 Å². The van der Waals surface area contributed by atoms with Gasteiger partial charge in [0.25, 0.3) is 0 Å². The van der Waals surface area contributed by atoms with Crippen LogP contribution in [-0.4, -0.2) is 73.9 Å². The lowest BCUT2D eigenvalue weighted by molar-refractivity contribution is 0.0367. The minimum Gasteiger partial charge on any atom is -0.379 e. The van der Waals surface area contributed by atoms with Gasteiger partial charge in [-0.2, -0.15) is 0 Å². The third-order valence-corrected chi connectivity index (χ3v) is 4.96. The van der Waals surface area contributed by atoms with E-state index in [0.29, 0.717) is 0 Å². The summed E-state index contributed by atoms with van der Waals surface area (Å²) in [6.45, 7) is 13.1. The van der Waals surface area contributed by atoms with Crippen LogP contribution in [0.3, 0.4) is 0 Å². The Hall–Kier alpha value is -1.37. The van der Waals surface area contributed by atoms with Crippen molar-refractivity contribution in [2.24, 2.45) is 0 Å². The summed E-state index contributed by atoms with van der Waals surface area (Å²) in [5.41, 5.74) is 2.46. The normalized spacial score (nSPS) is 15.4. The smallest absolute Gasteiger partial charge is 0.169 e. The van der Waals surface area contributed by atoms with E-state index >= 15 is 0 Å². The van der Waals surface area contributed by atoms with Crippen LogP contribution in [0.2, 0.25) is 0 Å². The number of nitrogens with zero attached hydrogens (tertiary/aromatic N) is 3. The van der Waals surface area contributed by atoms with E-state index in [1.54, 1.807) is 0 Å². The first-order valence-corrected chi connectivity index (χ1v) is 10.3. The van der Waals surface area contributed by atoms with Crippen molar-refractivity contribution in [1.82, 2.24) is 15.1 Å². The molecule has 1 N–H and O–H groups in total. The zero-order valence-corrected chi connectivity index (χ0v) is 18.4. The first kappa shape index (κ1) is 21.9. The molecule has 1 aliphatic rings. The van der Waals surface area contributed by atoms with Crippen LogP contribution in [0, 0.1) is 0 Å². The monoisotopic (exact) mass is 392 g/mol. The number of hydrogen-bond donors (Lipinski definition) is 1. The van der Waals surface area contributed by atoms with Crippen molar-refractivity contribution < 1.29 is 4.74 Å². The molecule has 152 valence electrons. The van der Waals surface area contributed by atoms with Crippen LogP contribution in [0.5, 0.6) is 0 Å². The van der Waals surface area contributed by atoms with Gasteiger partial charge in [-0.15, -0.1) is 0 Å². The Morgan fingerprint density at radius 1 is 1.15 bits per heavy atom. The Morgan fingerprint density at radius 2 is 1.78 bits per heavy atom. The number of rotatable bonds is 7. The Morgan fingerprint density at radius 3 is 2.33 bits per heavy atom. The summed E-state index contributed by atoms with van der Waals surface area (Å²) in [5, 5.41) is 4.31. The van der Waals surface area contributed by atoms with E-state index in [1.807, 2.05) is 0 Å². The second-order valence-electron chi connectivity index (χ2n) is 8.47. The minimum atomic E-state index is -0.0334. The maximum Gasteiger partial charge on any atom is 0.169 e. The second kappa shape index (κ2) is 10.2. The molecule has 0 unspecified atom stereocenters. The highest BCUT2D eigenvalue weighted by molar-refractivity contribution is 7.80. The molecular weight excluding hydrogens is 356 g/mol. The summed E-state index contributed by atoms with van der Waals surface area (Å²) in [6, 6.07) is 8.73. The van der Waals surface area contributed by atoms with Crippen LogP contribution in [-0.2, 0) is 11.3 Å². The fraction of sp³-hybridized carbons (Fsp3) is 0.667. The van der Waals surface area contributed by atoms with Crippen LogP contribution < -0.4 is 10.2 Å². The maximum atomic E-state index is 5.73. The molecule has 5 nitrogen and oxygen atoms in total. The summed E-state index contributed by atoms with van der Waals surface area (Å²) in [6.07, 6.45) is 1.10. The molecule has 2 rings (SSSR count). The van der Waals surface area contributed by atoms with Gasteiger partial charge in [0.05, 0.1) is 13.2 Å². The number of morpholine rings is 1. The number of thiocarbonyl (C=S) groups is 1.